The number of nitrogens with one attached hydrogen (secondary N) is 1. The van der Waals surface area contributed by atoms with Gasteiger partial charge in [-0.05, 0) is 29.3 Å². The molecule has 3 N–H and O–H groups in total. The summed E-state index contributed by atoms with van der Waals surface area (Å²) < 4.78 is 14.2. The molecule has 0 fully saturated rings. The van der Waals surface area contributed by atoms with Crippen molar-refractivity contribution in [2.24, 2.45) is 5.84 Å². The highest BCUT2D eigenvalue weighted by molar-refractivity contribution is 5.86. The average Bonchev–Trinajstić information content (AvgIpc) is 2.51. The van der Waals surface area contributed by atoms with Crippen LogP contribution in [0.4, 0.5) is 4.39 Å². The van der Waals surface area contributed by atoms with Crippen LogP contribution in [-0.2, 0) is 0 Å². The third-order valence-electron chi connectivity index (χ3n) is 3.76. The molecule has 2 nitrogen and oxygen atoms in total. The number of nitrogens with two attached hydrogens (primary N) is 1. The first-order chi connectivity index (χ1) is 10.2. The van der Waals surface area contributed by atoms with E-state index < -0.39 is 0 Å². The summed E-state index contributed by atoms with van der Waals surface area (Å²) in [4.78, 5) is 0. The van der Waals surface area contributed by atoms with Crippen LogP contribution in [0, 0.1) is 12.7 Å². The third kappa shape index (κ3) is 2.53. The molecular formula is C18H17FN2. The summed E-state index contributed by atoms with van der Waals surface area (Å²) >= 11 is 0. The van der Waals surface area contributed by atoms with Crippen molar-refractivity contribution in [2.75, 3.05) is 0 Å². The van der Waals surface area contributed by atoms with Gasteiger partial charge in [0.15, 0.2) is 0 Å². The van der Waals surface area contributed by atoms with Crippen LogP contribution in [0.1, 0.15) is 22.7 Å². The molecular weight excluding hydrogens is 263 g/mol. The predicted octanol–water partition coefficient (Wildman–Crippen LogP) is 3.84. The number of benzene rings is 3. The summed E-state index contributed by atoms with van der Waals surface area (Å²) in [6.45, 7) is 1.94. The molecule has 0 radical (unpaired) electrons. The van der Waals surface area contributed by atoms with Crippen LogP contribution in [0.25, 0.3) is 10.8 Å². The number of aryl methyl sites for hydroxylation is 1. The lowest BCUT2D eigenvalue weighted by atomic mass is 9.93. The van der Waals surface area contributed by atoms with E-state index in [4.69, 9.17) is 5.84 Å². The van der Waals surface area contributed by atoms with E-state index >= 15 is 0 Å². The van der Waals surface area contributed by atoms with Gasteiger partial charge in [0.25, 0.3) is 0 Å². The smallest absolute Gasteiger partial charge is 0.128 e. The van der Waals surface area contributed by atoms with Gasteiger partial charge in [-0.15, -0.1) is 0 Å². The van der Waals surface area contributed by atoms with Gasteiger partial charge in [-0.3, -0.25) is 5.84 Å². The molecule has 3 aromatic carbocycles. The summed E-state index contributed by atoms with van der Waals surface area (Å²) in [5.74, 6) is 5.48. The van der Waals surface area contributed by atoms with Gasteiger partial charge in [0, 0.05) is 5.56 Å². The molecule has 3 aromatic rings. The number of hydrogen-bond donors (Lipinski definition) is 2. The second-order valence-corrected chi connectivity index (χ2v) is 5.19. The summed E-state index contributed by atoms with van der Waals surface area (Å²) in [6, 6.07) is 18.7. The van der Waals surface area contributed by atoms with Gasteiger partial charge in [0.1, 0.15) is 5.82 Å². The zero-order chi connectivity index (χ0) is 14.8. The first kappa shape index (κ1) is 13.7. The Morgan fingerprint density at radius 1 is 0.952 bits per heavy atom. The Morgan fingerprint density at radius 3 is 2.52 bits per heavy atom. The molecule has 0 heterocycles. The van der Waals surface area contributed by atoms with E-state index in [0.717, 1.165) is 21.9 Å². The van der Waals surface area contributed by atoms with Crippen molar-refractivity contribution in [3.05, 3.63) is 83.2 Å². The van der Waals surface area contributed by atoms with Crippen molar-refractivity contribution in [2.45, 2.75) is 13.0 Å². The average molecular weight is 280 g/mol. The van der Waals surface area contributed by atoms with Crippen LogP contribution in [-0.4, -0.2) is 0 Å². The Labute approximate surface area is 123 Å². The van der Waals surface area contributed by atoms with Crippen LogP contribution in [0.2, 0.25) is 0 Å². The summed E-state index contributed by atoms with van der Waals surface area (Å²) in [6.07, 6.45) is 0. The largest absolute Gasteiger partial charge is 0.271 e. The first-order valence-corrected chi connectivity index (χ1v) is 6.90. The lowest BCUT2D eigenvalue weighted by Crippen LogP contribution is -2.29. The lowest BCUT2D eigenvalue weighted by molar-refractivity contribution is 0.561. The monoisotopic (exact) mass is 280 g/mol. The zero-order valence-corrected chi connectivity index (χ0v) is 11.8. The van der Waals surface area contributed by atoms with E-state index in [1.54, 1.807) is 6.07 Å². The Kier molecular flexibility index (Phi) is 3.69. The van der Waals surface area contributed by atoms with Crippen molar-refractivity contribution in [3.8, 4) is 0 Å². The highest BCUT2D eigenvalue weighted by Gasteiger charge is 2.18. The maximum absolute atomic E-state index is 14.2. The number of halogens is 1. The number of fused-ring (bicyclic) bond motifs is 1. The maximum Gasteiger partial charge on any atom is 0.128 e. The van der Waals surface area contributed by atoms with Gasteiger partial charge in [-0.1, -0.05) is 60.2 Å². The first-order valence-electron chi connectivity index (χ1n) is 6.90. The Morgan fingerprint density at radius 2 is 1.71 bits per heavy atom. The summed E-state index contributed by atoms with van der Waals surface area (Å²) in [5, 5.41) is 2.19. The fourth-order valence-corrected chi connectivity index (χ4v) is 2.73. The summed E-state index contributed by atoms with van der Waals surface area (Å²) in [5.41, 5.74) is 5.30. The van der Waals surface area contributed by atoms with E-state index in [1.165, 1.54) is 6.07 Å². The van der Waals surface area contributed by atoms with Crippen molar-refractivity contribution in [1.82, 2.24) is 5.43 Å². The lowest BCUT2D eigenvalue weighted by Gasteiger charge is -2.20. The van der Waals surface area contributed by atoms with E-state index in [9.17, 15) is 4.39 Å². The molecule has 0 saturated carbocycles. The second kappa shape index (κ2) is 5.64. The van der Waals surface area contributed by atoms with E-state index in [1.807, 2.05) is 55.5 Å². The van der Waals surface area contributed by atoms with E-state index in [0.29, 0.717) is 5.56 Å². The normalized spacial score (nSPS) is 12.5. The fraction of sp³-hybridized carbons (Fsp3) is 0.111. The van der Waals surface area contributed by atoms with Gasteiger partial charge in [0.2, 0.25) is 0 Å². The SMILES string of the molecule is Cc1ccc(F)c(C(NN)c2cccc3ccccc23)c1. The fourth-order valence-electron chi connectivity index (χ4n) is 2.73. The minimum Gasteiger partial charge on any atom is -0.271 e. The molecule has 21 heavy (non-hydrogen) atoms. The van der Waals surface area contributed by atoms with Gasteiger partial charge >= 0.3 is 0 Å². The van der Waals surface area contributed by atoms with Crippen molar-refractivity contribution in [3.63, 3.8) is 0 Å². The molecule has 1 unspecified atom stereocenters. The minimum absolute atomic E-state index is 0.253. The second-order valence-electron chi connectivity index (χ2n) is 5.19. The molecule has 0 aliphatic rings. The summed E-state index contributed by atoms with van der Waals surface area (Å²) in [7, 11) is 0. The molecule has 0 bridgehead atoms. The van der Waals surface area contributed by atoms with Crippen LogP contribution < -0.4 is 11.3 Å². The van der Waals surface area contributed by atoms with Crippen LogP contribution >= 0.6 is 0 Å². The van der Waals surface area contributed by atoms with E-state index in [2.05, 4.69) is 5.43 Å². The van der Waals surface area contributed by atoms with Gasteiger partial charge < -0.3 is 0 Å². The maximum atomic E-state index is 14.2. The molecule has 3 rings (SSSR count). The number of rotatable bonds is 3. The topological polar surface area (TPSA) is 38.0 Å². The van der Waals surface area contributed by atoms with Crippen molar-refractivity contribution in [1.29, 1.82) is 0 Å². The molecule has 3 heteroatoms. The highest BCUT2D eigenvalue weighted by atomic mass is 19.1. The van der Waals surface area contributed by atoms with Crippen LogP contribution in [0.5, 0.6) is 0 Å². The van der Waals surface area contributed by atoms with Crippen LogP contribution in [0.15, 0.2) is 60.7 Å². The zero-order valence-electron chi connectivity index (χ0n) is 11.8. The molecule has 0 spiro atoms. The van der Waals surface area contributed by atoms with Gasteiger partial charge in [0.05, 0.1) is 6.04 Å². The Hall–Kier alpha value is -2.23. The van der Waals surface area contributed by atoms with Crippen molar-refractivity contribution >= 4 is 10.8 Å². The molecule has 0 aliphatic heterocycles. The number of hydrogen-bond acceptors (Lipinski definition) is 2. The Bertz CT molecular complexity index is 778. The Balaban J connectivity index is 2.21. The molecule has 0 aromatic heterocycles. The molecule has 0 amide bonds. The van der Waals surface area contributed by atoms with Gasteiger partial charge in [-0.25, -0.2) is 9.82 Å². The van der Waals surface area contributed by atoms with Crippen LogP contribution in [0.3, 0.4) is 0 Å². The predicted molar refractivity (Wildman–Crippen MR) is 84.3 cm³/mol. The molecule has 106 valence electrons. The minimum atomic E-state index is -0.379. The number of hydrazine groups is 1. The molecule has 0 aliphatic carbocycles. The van der Waals surface area contributed by atoms with E-state index in [-0.39, 0.29) is 11.9 Å². The molecule has 1 atom stereocenters. The third-order valence-corrected chi connectivity index (χ3v) is 3.76. The molecule has 0 saturated heterocycles. The standard InChI is InChI=1S/C18H17FN2/c1-12-9-10-17(19)16(11-12)18(21-20)15-8-4-6-13-5-2-3-7-14(13)15/h2-11,18,21H,20H2,1H3. The van der Waals surface area contributed by atoms with Crippen molar-refractivity contribution < 1.29 is 4.39 Å². The highest BCUT2D eigenvalue weighted by Crippen LogP contribution is 2.30. The van der Waals surface area contributed by atoms with Gasteiger partial charge in [-0.2, -0.15) is 0 Å². The quantitative estimate of drug-likeness (QED) is 0.565.